The Labute approximate surface area is 361 Å². The summed E-state index contributed by atoms with van der Waals surface area (Å²) in [7, 11) is 0. The molecule has 63 heavy (non-hydrogen) atoms. The number of amides is 1. The highest BCUT2D eigenvalue weighted by Crippen LogP contribution is 2.37. The number of nitrogens with two attached hydrogens (primary N) is 1. The van der Waals surface area contributed by atoms with Crippen LogP contribution in [0.4, 0.5) is 59.4 Å². The molecule has 0 fully saturated rings. The highest BCUT2D eigenvalue weighted by Gasteiger charge is 2.34. The van der Waals surface area contributed by atoms with Crippen molar-refractivity contribution in [2.45, 2.75) is 12.4 Å². The largest absolute Gasteiger partial charge is 0.483 e. The standard InChI is InChI=1S/C21H15F3N4O2S.C12H8F3NO3.C9H9N3S/c22-21(23,24)16-3-1-2-15-17(8-9-25-19(15)16)30-12-18(29)27-13-4-6-14(7-5-13)28-20-26-10-11-31-20;13-12(14,15)8-3-1-2-7-9(19-6-10(17)18)4-5-16-11(7)8;10-7-1-3-8(4-2-7)12-9-11-5-6-13-9/h1-11H,12H2,(H,26,28)(H,27,29);1-5H,6H2,(H,17,18);1-6H,10H2,(H,11,12). The summed E-state index contributed by atoms with van der Waals surface area (Å²) in [5.74, 6) is -1.46. The van der Waals surface area contributed by atoms with Crippen LogP contribution in [0.15, 0.2) is 133 Å². The number of hydrogen-bond donors (Lipinski definition) is 5. The Kier molecular flexibility index (Phi) is 14.5. The van der Waals surface area contributed by atoms with Crippen molar-refractivity contribution in [3.8, 4) is 11.5 Å². The maximum atomic E-state index is 13.2. The zero-order valence-corrected chi connectivity index (χ0v) is 33.8. The molecule has 0 bridgehead atoms. The van der Waals surface area contributed by atoms with Gasteiger partial charge < -0.3 is 36.3 Å². The van der Waals surface area contributed by atoms with Gasteiger partial charge in [-0.15, -0.1) is 22.7 Å². The van der Waals surface area contributed by atoms with Crippen LogP contribution in [0.3, 0.4) is 0 Å². The van der Waals surface area contributed by atoms with Crippen LogP contribution in [0.25, 0.3) is 21.8 Å². The maximum absolute atomic E-state index is 13.2. The number of aromatic nitrogens is 4. The van der Waals surface area contributed by atoms with Gasteiger partial charge in [0.25, 0.3) is 5.91 Å². The predicted molar refractivity (Wildman–Crippen MR) is 229 cm³/mol. The van der Waals surface area contributed by atoms with Crippen LogP contribution in [0, 0.1) is 0 Å². The lowest BCUT2D eigenvalue weighted by Gasteiger charge is -2.13. The molecule has 0 atom stereocenters. The number of alkyl halides is 6. The third-order valence-corrected chi connectivity index (χ3v) is 9.61. The smallest absolute Gasteiger partial charge is 0.418 e. The van der Waals surface area contributed by atoms with Gasteiger partial charge in [-0.1, -0.05) is 12.1 Å². The number of para-hydroxylation sites is 2. The van der Waals surface area contributed by atoms with E-state index in [1.165, 1.54) is 53.9 Å². The van der Waals surface area contributed by atoms with Gasteiger partial charge in [0.15, 0.2) is 23.5 Å². The number of thiazole rings is 2. The number of halogens is 6. The van der Waals surface area contributed by atoms with E-state index < -0.39 is 42.0 Å². The number of carbonyl (C=O) groups excluding carboxylic acids is 1. The topological polar surface area (TPSA) is 186 Å². The Bertz CT molecular complexity index is 2760. The van der Waals surface area contributed by atoms with E-state index in [1.54, 1.807) is 48.0 Å². The number of hydrogen-bond acceptors (Lipinski definition) is 13. The molecule has 0 unspecified atom stereocenters. The first-order valence-electron chi connectivity index (χ1n) is 18.1. The first-order chi connectivity index (χ1) is 30.1. The van der Waals surface area contributed by atoms with Crippen molar-refractivity contribution in [1.29, 1.82) is 0 Å². The number of ether oxygens (including phenoxy) is 2. The number of nitrogens with one attached hydrogen (secondary N) is 3. The Balaban J connectivity index is 0.000000175. The summed E-state index contributed by atoms with van der Waals surface area (Å²) in [5, 5.41) is 23.2. The summed E-state index contributed by atoms with van der Waals surface area (Å²) in [6, 6.07) is 24.6. The fourth-order valence-electron chi connectivity index (χ4n) is 5.51. The number of carbonyl (C=O) groups is 2. The molecule has 1 amide bonds. The van der Waals surface area contributed by atoms with Crippen LogP contribution in [-0.2, 0) is 21.9 Å². The van der Waals surface area contributed by atoms with Crippen LogP contribution < -0.4 is 31.2 Å². The number of benzene rings is 4. The summed E-state index contributed by atoms with van der Waals surface area (Å²) >= 11 is 3.03. The van der Waals surface area contributed by atoms with Crippen LogP contribution in [0.5, 0.6) is 11.5 Å². The summed E-state index contributed by atoms with van der Waals surface area (Å²) in [5.41, 5.74) is 6.47. The van der Waals surface area contributed by atoms with Crippen molar-refractivity contribution in [2.24, 2.45) is 0 Å². The molecular formula is C42H32F6N8O5S2. The van der Waals surface area contributed by atoms with Crippen molar-refractivity contribution < 1.29 is 50.5 Å². The quantitative estimate of drug-likeness (QED) is 0.0612. The number of carboxylic acids is 1. The minimum Gasteiger partial charge on any atom is -0.483 e. The molecule has 4 heterocycles. The van der Waals surface area contributed by atoms with Crippen molar-refractivity contribution in [3.63, 3.8) is 0 Å². The van der Waals surface area contributed by atoms with E-state index in [2.05, 4.69) is 35.9 Å². The third-order valence-electron chi connectivity index (χ3n) is 8.23. The Morgan fingerprint density at radius 1 is 0.587 bits per heavy atom. The lowest BCUT2D eigenvalue weighted by molar-refractivity contribution is -0.139. The molecule has 8 aromatic rings. The van der Waals surface area contributed by atoms with E-state index >= 15 is 0 Å². The van der Waals surface area contributed by atoms with Gasteiger partial charge in [0.1, 0.15) is 11.5 Å². The number of aliphatic carboxylic acids is 1. The molecule has 0 saturated heterocycles. The van der Waals surface area contributed by atoms with Crippen LogP contribution in [0.1, 0.15) is 11.1 Å². The summed E-state index contributed by atoms with van der Waals surface area (Å²) in [6.45, 7) is -0.996. The molecule has 0 aliphatic heterocycles. The molecular weight excluding hydrogens is 875 g/mol. The van der Waals surface area contributed by atoms with E-state index in [0.717, 1.165) is 45.7 Å². The molecule has 324 valence electrons. The lowest BCUT2D eigenvalue weighted by atomic mass is 10.1. The van der Waals surface area contributed by atoms with Gasteiger partial charge in [-0.25, -0.2) is 14.8 Å². The Hall–Kier alpha value is -7.52. The fraction of sp³-hybridized carbons (Fsp3) is 0.0952. The monoisotopic (exact) mass is 906 g/mol. The minimum absolute atomic E-state index is 0.0542. The van der Waals surface area contributed by atoms with E-state index in [4.69, 9.17) is 20.3 Å². The average Bonchev–Trinajstić information content (AvgIpc) is 3.98. The molecule has 4 aromatic heterocycles. The van der Waals surface area contributed by atoms with Crippen molar-refractivity contribution in [2.75, 3.05) is 34.9 Å². The number of pyridine rings is 2. The second-order valence-electron chi connectivity index (χ2n) is 12.7. The number of nitrogen functional groups attached to an aromatic ring is 1. The van der Waals surface area contributed by atoms with Crippen LogP contribution in [0.2, 0.25) is 0 Å². The van der Waals surface area contributed by atoms with Crippen LogP contribution >= 0.6 is 22.7 Å². The second-order valence-corrected chi connectivity index (χ2v) is 14.4. The molecule has 0 radical (unpaired) electrons. The van der Waals surface area contributed by atoms with Crippen molar-refractivity contribution in [1.82, 2.24) is 19.9 Å². The molecule has 0 saturated carbocycles. The van der Waals surface area contributed by atoms with Gasteiger partial charge in [0, 0.05) is 69.1 Å². The normalized spacial score (nSPS) is 11.1. The molecule has 0 aliphatic rings. The fourth-order valence-corrected chi connectivity index (χ4v) is 6.61. The number of carboxylic acid groups (broad SMARTS) is 1. The Morgan fingerprint density at radius 2 is 1.03 bits per heavy atom. The molecule has 21 heteroatoms. The van der Waals surface area contributed by atoms with Gasteiger partial charge in [-0.2, -0.15) is 26.3 Å². The summed E-state index contributed by atoms with van der Waals surface area (Å²) < 4.78 is 88.3. The highest BCUT2D eigenvalue weighted by molar-refractivity contribution is 7.14. The zero-order chi connectivity index (χ0) is 45.0. The number of anilines is 6. The van der Waals surface area contributed by atoms with Gasteiger partial charge in [-0.05, 0) is 84.9 Å². The van der Waals surface area contributed by atoms with Gasteiger partial charge >= 0.3 is 18.3 Å². The van der Waals surface area contributed by atoms with Crippen LogP contribution in [-0.4, -0.2) is 50.1 Å². The van der Waals surface area contributed by atoms with Gasteiger partial charge in [-0.3, -0.25) is 14.8 Å². The van der Waals surface area contributed by atoms with Gasteiger partial charge in [0.2, 0.25) is 0 Å². The summed E-state index contributed by atoms with van der Waals surface area (Å²) in [6.07, 6.45) is -3.24. The summed E-state index contributed by atoms with van der Waals surface area (Å²) in [4.78, 5) is 38.4. The van der Waals surface area contributed by atoms with E-state index in [9.17, 15) is 35.9 Å². The molecule has 0 spiro atoms. The van der Waals surface area contributed by atoms with Crippen molar-refractivity contribution >= 4 is 89.4 Å². The predicted octanol–water partition coefficient (Wildman–Crippen LogP) is 10.7. The lowest BCUT2D eigenvalue weighted by Crippen LogP contribution is -2.20. The van der Waals surface area contributed by atoms with E-state index in [0.29, 0.717) is 5.69 Å². The second kappa shape index (κ2) is 20.4. The molecule has 0 aliphatic carbocycles. The first-order valence-corrected chi connectivity index (χ1v) is 19.9. The molecule has 4 aromatic carbocycles. The minimum atomic E-state index is -4.54. The van der Waals surface area contributed by atoms with E-state index in [-0.39, 0.29) is 39.9 Å². The van der Waals surface area contributed by atoms with E-state index in [1.807, 2.05) is 35.0 Å². The molecule has 6 N–H and O–H groups in total. The van der Waals surface area contributed by atoms with Gasteiger partial charge in [0.05, 0.1) is 22.2 Å². The highest BCUT2D eigenvalue weighted by atomic mass is 32.1. The third kappa shape index (κ3) is 12.8. The molecule has 13 nitrogen and oxygen atoms in total. The Morgan fingerprint density at radius 3 is 1.46 bits per heavy atom. The first kappa shape index (κ1) is 45.0. The number of nitrogens with zero attached hydrogens (tertiary/aromatic N) is 4. The molecule has 8 rings (SSSR count). The number of fused-ring (bicyclic) bond motifs is 2. The zero-order valence-electron chi connectivity index (χ0n) is 32.1. The maximum Gasteiger partial charge on any atom is 0.418 e. The average molecular weight is 907 g/mol. The SMILES string of the molecule is Nc1ccc(Nc2nccs2)cc1.O=C(COc1ccnc2c(C(F)(F)F)cccc12)Nc1ccc(Nc2nccs2)cc1.O=C(O)COc1ccnc2c(C(F)(F)F)cccc12. The number of rotatable bonds is 11. The van der Waals surface area contributed by atoms with Crippen molar-refractivity contribution in [3.05, 3.63) is 144 Å².